The second-order valence-electron chi connectivity index (χ2n) is 9.53. The summed E-state index contributed by atoms with van der Waals surface area (Å²) in [5, 5.41) is 3.33. The third-order valence-corrected chi connectivity index (χ3v) is 8.76. The number of halogens is 1. The molecule has 0 saturated carbocycles. The molecule has 0 aliphatic rings. The lowest BCUT2D eigenvalue weighted by atomic mass is 10.1. The van der Waals surface area contributed by atoms with Gasteiger partial charge in [0.2, 0.25) is 11.8 Å². The highest BCUT2D eigenvalue weighted by atomic mass is 35.5. The zero-order chi connectivity index (χ0) is 30.2. The van der Waals surface area contributed by atoms with Gasteiger partial charge in [-0.25, -0.2) is 8.42 Å². The van der Waals surface area contributed by atoms with Crippen LogP contribution in [-0.4, -0.2) is 58.0 Å². The van der Waals surface area contributed by atoms with Gasteiger partial charge in [0.1, 0.15) is 24.1 Å². The van der Waals surface area contributed by atoms with Crippen molar-refractivity contribution in [2.24, 2.45) is 0 Å². The molecular formula is C30H36ClN3O6S. The van der Waals surface area contributed by atoms with Crippen molar-refractivity contribution in [3.63, 3.8) is 0 Å². The van der Waals surface area contributed by atoms with Gasteiger partial charge in [-0.3, -0.25) is 13.9 Å². The van der Waals surface area contributed by atoms with Crippen LogP contribution in [0.4, 0.5) is 5.69 Å². The number of anilines is 1. The number of ether oxygens (including phenoxy) is 2. The minimum absolute atomic E-state index is 0.0229. The zero-order valence-electron chi connectivity index (χ0n) is 23.8. The number of amides is 2. The average Bonchev–Trinajstić information content (AvgIpc) is 2.98. The van der Waals surface area contributed by atoms with Crippen molar-refractivity contribution in [3.05, 3.63) is 83.4 Å². The van der Waals surface area contributed by atoms with Crippen LogP contribution in [0.2, 0.25) is 5.02 Å². The molecular weight excluding hydrogens is 566 g/mol. The van der Waals surface area contributed by atoms with Crippen LogP contribution in [0.25, 0.3) is 0 Å². The van der Waals surface area contributed by atoms with Crippen LogP contribution in [0, 0.1) is 0 Å². The number of carbonyl (C=O) groups is 2. The van der Waals surface area contributed by atoms with Crippen molar-refractivity contribution in [3.8, 4) is 11.5 Å². The molecule has 0 saturated heterocycles. The molecule has 0 aliphatic carbocycles. The Kier molecular flexibility index (Phi) is 11.0. The van der Waals surface area contributed by atoms with E-state index in [1.165, 1.54) is 48.4 Å². The topological polar surface area (TPSA) is 105 Å². The van der Waals surface area contributed by atoms with Crippen molar-refractivity contribution in [1.82, 2.24) is 10.2 Å². The number of carbonyl (C=O) groups excluding carboxylic acids is 2. The predicted octanol–water partition coefficient (Wildman–Crippen LogP) is 4.88. The number of rotatable bonds is 13. The number of nitrogens with one attached hydrogen (secondary N) is 1. The second kappa shape index (κ2) is 14.2. The summed E-state index contributed by atoms with van der Waals surface area (Å²) in [5.74, 6) is 0.246. The molecule has 9 nitrogen and oxygen atoms in total. The molecule has 3 aromatic carbocycles. The molecule has 11 heteroatoms. The lowest BCUT2D eigenvalue weighted by Crippen LogP contribution is -2.52. The van der Waals surface area contributed by atoms with E-state index in [1.54, 1.807) is 50.4 Å². The summed E-state index contributed by atoms with van der Waals surface area (Å²) in [4.78, 5) is 28.5. The van der Waals surface area contributed by atoms with Gasteiger partial charge >= 0.3 is 0 Å². The van der Waals surface area contributed by atoms with Gasteiger partial charge in [-0.1, -0.05) is 30.7 Å². The maximum Gasteiger partial charge on any atom is 0.264 e. The molecule has 1 N–H and O–H groups in total. The van der Waals surface area contributed by atoms with E-state index in [1.807, 2.05) is 13.8 Å². The maximum atomic E-state index is 14.0. The smallest absolute Gasteiger partial charge is 0.264 e. The minimum atomic E-state index is -4.20. The quantitative estimate of drug-likeness (QED) is 0.299. The van der Waals surface area contributed by atoms with Crippen molar-refractivity contribution < 1.29 is 27.5 Å². The lowest BCUT2D eigenvalue weighted by Gasteiger charge is -2.32. The molecule has 41 heavy (non-hydrogen) atoms. The Labute approximate surface area is 247 Å². The van der Waals surface area contributed by atoms with Gasteiger partial charge in [0.05, 0.1) is 24.8 Å². The molecule has 220 valence electrons. The number of hydrogen-bond donors (Lipinski definition) is 1. The van der Waals surface area contributed by atoms with Crippen LogP contribution in [0.15, 0.2) is 77.7 Å². The molecule has 0 radical (unpaired) electrons. The van der Waals surface area contributed by atoms with E-state index in [2.05, 4.69) is 5.32 Å². The summed E-state index contributed by atoms with van der Waals surface area (Å²) in [7, 11) is -1.16. The molecule has 0 aliphatic heterocycles. The molecule has 0 aromatic heterocycles. The highest BCUT2D eigenvalue weighted by molar-refractivity contribution is 7.92. The Hall–Kier alpha value is -3.76. The molecule has 2 atom stereocenters. The molecule has 3 rings (SSSR count). The highest BCUT2D eigenvalue weighted by Gasteiger charge is 2.32. The van der Waals surface area contributed by atoms with Crippen LogP contribution >= 0.6 is 11.6 Å². The van der Waals surface area contributed by atoms with Crippen molar-refractivity contribution in [2.45, 2.75) is 50.7 Å². The summed E-state index contributed by atoms with van der Waals surface area (Å²) in [6, 6.07) is 18.2. The number of methoxy groups -OCH3 is 2. The average molecular weight is 602 g/mol. The molecule has 0 unspecified atom stereocenters. The number of nitrogens with zero attached hydrogens (tertiary/aromatic N) is 2. The Balaban J connectivity index is 2.01. The monoisotopic (exact) mass is 601 g/mol. The Morgan fingerprint density at radius 3 is 1.93 bits per heavy atom. The Morgan fingerprint density at radius 1 is 0.878 bits per heavy atom. The van der Waals surface area contributed by atoms with Crippen LogP contribution < -0.4 is 19.1 Å². The van der Waals surface area contributed by atoms with Crippen LogP contribution in [-0.2, 0) is 26.2 Å². The Morgan fingerprint density at radius 2 is 1.41 bits per heavy atom. The third kappa shape index (κ3) is 8.14. The van der Waals surface area contributed by atoms with Gasteiger partial charge in [0, 0.05) is 17.6 Å². The van der Waals surface area contributed by atoms with E-state index in [-0.39, 0.29) is 29.1 Å². The van der Waals surface area contributed by atoms with E-state index in [9.17, 15) is 18.0 Å². The predicted molar refractivity (Wildman–Crippen MR) is 160 cm³/mol. The Bertz CT molecular complexity index is 1410. The summed E-state index contributed by atoms with van der Waals surface area (Å²) in [6.45, 7) is 4.99. The maximum absolute atomic E-state index is 14.0. The van der Waals surface area contributed by atoms with Crippen molar-refractivity contribution in [2.75, 3.05) is 25.1 Å². The first-order valence-corrected chi connectivity index (χ1v) is 15.0. The largest absolute Gasteiger partial charge is 0.497 e. The summed E-state index contributed by atoms with van der Waals surface area (Å²) in [5.41, 5.74) is 0.998. The second-order valence-corrected chi connectivity index (χ2v) is 11.8. The van der Waals surface area contributed by atoms with Crippen LogP contribution in [0.1, 0.15) is 32.8 Å². The molecule has 3 aromatic rings. The highest BCUT2D eigenvalue weighted by Crippen LogP contribution is 2.27. The first kappa shape index (κ1) is 31.8. The van der Waals surface area contributed by atoms with E-state index >= 15 is 0 Å². The van der Waals surface area contributed by atoms with Gasteiger partial charge in [-0.15, -0.1) is 0 Å². The normalized spacial score (nSPS) is 12.6. The SMILES string of the molecule is CC[C@@H](C)NC(=O)[C@H](C)N(Cc1ccc(OC)cc1)C(=O)CN(c1ccc(Cl)cc1)S(=O)(=O)c1ccc(OC)cc1. The molecule has 2 amide bonds. The van der Waals surface area contributed by atoms with Crippen molar-refractivity contribution in [1.29, 1.82) is 0 Å². The molecule has 0 bridgehead atoms. The summed E-state index contributed by atoms with van der Waals surface area (Å²) in [6.07, 6.45) is 0.718. The fourth-order valence-electron chi connectivity index (χ4n) is 3.99. The van der Waals surface area contributed by atoms with Gasteiger partial charge in [0.25, 0.3) is 10.0 Å². The van der Waals surface area contributed by atoms with E-state index in [0.717, 1.165) is 16.3 Å². The number of benzene rings is 3. The first-order chi connectivity index (χ1) is 19.5. The molecule has 0 fully saturated rings. The van der Waals surface area contributed by atoms with Gasteiger partial charge in [-0.2, -0.15) is 0 Å². The van der Waals surface area contributed by atoms with Gasteiger partial charge in [-0.05, 0) is 86.5 Å². The fraction of sp³-hybridized carbons (Fsp3) is 0.333. The van der Waals surface area contributed by atoms with Gasteiger partial charge < -0.3 is 19.7 Å². The van der Waals surface area contributed by atoms with Gasteiger partial charge in [0.15, 0.2) is 0 Å². The standard InChI is InChI=1S/C30H36ClN3O6S/c1-6-21(2)32-30(36)22(3)33(19-23-7-13-26(39-4)14-8-23)29(35)20-34(25-11-9-24(31)10-12-25)41(37,38)28-17-15-27(40-5)16-18-28/h7-18,21-22H,6,19-20H2,1-5H3,(H,32,36)/t21-,22+/m1/s1. The summed E-state index contributed by atoms with van der Waals surface area (Å²) >= 11 is 6.07. The number of hydrogen-bond acceptors (Lipinski definition) is 6. The van der Waals surface area contributed by atoms with Crippen LogP contribution in [0.5, 0.6) is 11.5 Å². The van der Waals surface area contributed by atoms with Crippen LogP contribution in [0.3, 0.4) is 0 Å². The van der Waals surface area contributed by atoms with E-state index in [4.69, 9.17) is 21.1 Å². The van der Waals surface area contributed by atoms with E-state index < -0.39 is 28.5 Å². The zero-order valence-corrected chi connectivity index (χ0v) is 25.4. The minimum Gasteiger partial charge on any atom is -0.497 e. The molecule has 0 heterocycles. The lowest BCUT2D eigenvalue weighted by molar-refractivity contribution is -0.139. The summed E-state index contributed by atoms with van der Waals surface area (Å²) < 4.78 is 39.2. The van der Waals surface area contributed by atoms with E-state index in [0.29, 0.717) is 16.5 Å². The number of sulfonamides is 1. The first-order valence-electron chi connectivity index (χ1n) is 13.1. The molecule has 0 spiro atoms. The fourth-order valence-corrected chi connectivity index (χ4v) is 5.53. The van der Waals surface area contributed by atoms with Crippen molar-refractivity contribution >= 4 is 39.1 Å². The third-order valence-electron chi connectivity index (χ3n) is 6.72.